The van der Waals surface area contributed by atoms with Gasteiger partial charge in [-0.2, -0.15) is 0 Å². The van der Waals surface area contributed by atoms with Crippen LogP contribution in [0.4, 0.5) is 11.5 Å². The van der Waals surface area contributed by atoms with E-state index in [4.69, 9.17) is 9.97 Å². The molecule has 2 aliphatic heterocycles. The SMILES string of the molecule is CC1CCN(c2nccn3c(-c4ccc5c(c4)CC(=O)N5)c(-c4ccncc4)nc23)CC1. The van der Waals surface area contributed by atoms with Crippen molar-refractivity contribution < 1.29 is 4.79 Å². The molecule has 0 bridgehead atoms. The van der Waals surface area contributed by atoms with Gasteiger partial charge in [-0.3, -0.25) is 14.2 Å². The van der Waals surface area contributed by atoms with Crippen molar-refractivity contribution in [3.05, 3.63) is 60.7 Å². The van der Waals surface area contributed by atoms with E-state index < -0.39 is 0 Å². The van der Waals surface area contributed by atoms with E-state index in [2.05, 4.69) is 38.7 Å². The second-order valence-electron chi connectivity index (χ2n) is 8.76. The molecular formula is C25H24N6O. The summed E-state index contributed by atoms with van der Waals surface area (Å²) in [6, 6.07) is 10.1. The van der Waals surface area contributed by atoms with Crippen LogP contribution in [-0.2, 0) is 11.2 Å². The molecule has 0 radical (unpaired) electrons. The van der Waals surface area contributed by atoms with Crippen molar-refractivity contribution >= 4 is 23.1 Å². The summed E-state index contributed by atoms with van der Waals surface area (Å²) in [5.74, 6) is 1.71. The molecule has 0 saturated carbocycles. The van der Waals surface area contributed by atoms with Gasteiger partial charge in [-0.05, 0) is 48.6 Å². The molecule has 1 N–H and O–H groups in total. The number of rotatable bonds is 3. The Balaban J connectivity index is 1.56. The van der Waals surface area contributed by atoms with Crippen LogP contribution >= 0.6 is 0 Å². The molecule has 3 aromatic heterocycles. The third-order valence-electron chi connectivity index (χ3n) is 6.56. The second kappa shape index (κ2) is 7.44. The van der Waals surface area contributed by atoms with Crippen LogP contribution in [0.15, 0.2) is 55.1 Å². The Labute approximate surface area is 186 Å². The molecule has 1 amide bonds. The van der Waals surface area contributed by atoms with Crippen molar-refractivity contribution in [2.24, 2.45) is 5.92 Å². The molecule has 6 rings (SSSR count). The van der Waals surface area contributed by atoms with Crippen LogP contribution in [0.2, 0.25) is 0 Å². The number of piperidine rings is 1. The standard InChI is InChI=1S/C25H24N6O/c1-16-6-11-30(12-7-16)24-25-29-22(17-4-8-26-9-5-17)23(31(25)13-10-27-24)18-2-3-20-19(14-18)15-21(32)28-20/h2-5,8-10,13-14,16H,6-7,11-12,15H2,1H3,(H,28,32). The molecule has 7 nitrogen and oxygen atoms in total. The monoisotopic (exact) mass is 424 g/mol. The lowest BCUT2D eigenvalue weighted by atomic mass is 9.99. The summed E-state index contributed by atoms with van der Waals surface area (Å²) in [4.78, 5) is 28.3. The van der Waals surface area contributed by atoms with Crippen molar-refractivity contribution in [3.8, 4) is 22.5 Å². The maximum atomic E-state index is 11.9. The van der Waals surface area contributed by atoms with E-state index in [1.165, 1.54) is 12.8 Å². The van der Waals surface area contributed by atoms with E-state index >= 15 is 0 Å². The molecule has 4 aromatic rings. The minimum absolute atomic E-state index is 0.0375. The molecule has 0 aliphatic carbocycles. The third-order valence-corrected chi connectivity index (χ3v) is 6.56. The minimum atomic E-state index is 0.0375. The van der Waals surface area contributed by atoms with Crippen LogP contribution in [-0.4, -0.2) is 38.3 Å². The molecule has 0 unspecified atom stereocenters. The van der Waals surface area contributed by atoms with Crippen LogP contribution < -0.4 is 10.2 Å². The number of hydrogen-bond donors (Lipinski definition) is 1. The summed E-state index contributed by atoms with van der Waals surface area (Å²) in [5, 5.41) is 2.92. The Hall–Kier alpha value is -3.74. The Morgan fingerprint density at radius 3 is 2.66 bits per heavy atom. The molecule has 5 heterocycles. The maximum absolute atomic E-state index is 11.9. The topological polar surface area (TPSA) is 75.4 Å². The molecule has 32 heavy (non-hydrogen) atoms. The number of fused-ring (bicyclic) bond motifs is 2. The summed E-state index contributed by atoms with van der Waals surface area (Å²) in [5.41, 5.74) is 6.70. The largest absolute Gasteiger partial charge is 0.354 e. The zero-order chi connectivity index (χ0) is 21.7. The quantitative estimate of drug-likeness (QED) is 0.534. The summed E-state index contributed by atoms with van der Waals surface area (Å²) in [6.07, 6.45) is 10.2. The molecule has 1 fully saturated rings. The first-order chi connectivity index (χ1) is 15.7. The van der Waals surface area contributed by atoms with Gasteiger partial charge in [0.25, 0.3) is 0 Å². The van der Waals surface area contributed by atoms with Gasteiger partial charge in [-0.25, -0.2) is 9.97 Å². The van der Waals surface area contributed by atoms with Gasteiger partial charge < -0.3 is 10.2 Å². The summed E-state index contributed by atoms with van der Waals surface area (Å²) in [6.45, 7) is 4.30. The summed E-state index contributed by atoms with van der Waals surface area (Å²) in [7, 11) is 0. The highest BCUT2D eigenvalue weighted by molar-refractivity contribution is 6.00. The number of carbonyl (C=O) groups excluding carboxylic acids is 1. The molecular weight excluding hydrogens is 400 g/mol. The van der Waals surface area contributed by atoms with Crippen molar-refractivity contribution in [3.63, 3.8) is 0 Å². The molecule has 0 atom stereocenters. The van der Waals surface area contributed by atoms with Gasteiger partial charge in [0.15, 0.2) is 11.5 Å². The number of aromatic nitrogens is 4. The van der Waals surface area contributed by atoms with Gasteiger partial charge in [0.05, 0.1) is 17.8 Å². The van der Waals surface area contributed by atoms with Gasteiger partial charge >= 0.3 is 0 Å². The number of pyridine rings is 1. The van der Waals surface area contributed by atoms with Crippen LogP contribution in [0, 0.1) is 5.92 Å². The highest BCUT2D eigenvalue weighted by Crippen LogP contribution is 2.37. The molecule has 1 saturated heterocycles. The third kappa shape index (κ3) is 3.12. The van der Waals surface area contributed by atoms with Crippen LogP contribution in [0.25, 0.3) is 28.2 Å². The fourth-order valence-corrected chi connectivity index (χ4v) is 4.77. The number of benzene rings is 1. The summed E-state index contributed by atoms with van der Waals surface area (Å²) >= 11 is 0. The number of carbonyl (C=O) groups is 1. The maximum Gasteiger partial charge on any atom is 0.228 e. The summed E-state index contributed by atoms with van der Waals surface area (Å²) < 4.78 is 2.14. The Kier molecular flexibility index (Phi) is 4.41. The van der Waals surface area contributed by atoms with Gasteiger partial charge in [0.1, 0.15) is 0 Å². The lowest BCUT2D eigenvalue weighted by Crippen LogP contribution is -2.33. The Morgan fingerprint density at radius 1 is 1.03 bits per heavy atom. The predicted octanol–water partition coefficient (Wildman–Crippen LogP) is 4.19. The van der Waals surface area contributed by atoms with Crippen LogP contribution in [0.3, 0.4) is 0 Å². The van der Waals surface area contributed by atoms with E-state index in [0.717, 1.165) is 64.2 Å². The number of amides is 1. The van der Waals surface area contributed by atoms with Crippen LogP contribution in [0.5, 0.6) is 0 Å². The number of hydrogen-bond acceptors (Lipinski definition) is 5. The Bertz CT molecular complexity index is 1320. The van der Waals surface area contributed by atoms with Crippen molar-refractivity contribution in [1.82, 2.24) is 19.4 Å². The van der Waals surface area contributed by atoms with Crippen molar-refractivity contribution in [2.45, 2.75) is 26.2 Å². The lowest BCUT2D eigenvalue weighted by Gasteiger charge is -2.31. The molecule has 1 aromatic carbocycles. The van der Waals surface area contributed by atoms with Crippen molar-refractivity contribution in [2.75, 3.05) is 23.3 Å². The van der Waals surface area contributed by atoms with Gasteiger partial charge in [-0.1, -0.05) is 13.0 Å². The second-order valence-corrected chi connectivity index (χ2v) is 8.76. The highest BCUT2D eigenvalue weighted by Gasteiger charge is 2.25. The Morgan fingerprint density at radius 2 is 1.84 bits per heavy atom. The van der Waals surface area contributed by atoms with Gasteiger partial charge in [0, 0.05) is 54.7 Å². The first-order valence-corrected chi connectivity index (χ1v) is 11.1. The zero-order valence-electron chi connectivity index (χ0n) is 18.0. The molecule has 0 spiro atoms. The molecule has 160 valence electrons. The van der Waals surface area contributed by atoms with E-state index in [9.17, 15) is 4.79 Å². The number of anilines is 2. The fraction of sp³-hybridized carbons (Fsp3) is 0.280. The fourth-order valence-electron chi connectivity index (χ4n) is 4.77. The minimum Gasteiger partial charge on any atom is -0.354 e. The molecule has 7 heteroatoms. The van der Waals surface area contributed by atoms with Gasteiger partial charge in [0.2, 0.25) is 5.91 Å². The predicted molar refractivity (Wildman–Crippen MR) is 125 cm³/mol. The van der Waals surface area contributed by atoms with Gasteiger partial charge in [-0.15, -0.1) is 0 Å². The lowest BCUT2D eigenvalue weighted by molar-refractivity contribution is -0.115. The van der Waals surface area contributed by atoms with Crippen molar-refractivity contribution in [1.29, 1.82) is 0 Å². The average Bonchev–Trinajstić information content (AvgIpc) is 3.39. The molecule has 2 aliphatic rings. The highest BCUT2D eigenvalue weighted by atomic mass is 16.1. The zero-order valence-corrected chi connectivity index (χ0v) is 18.0. The smallest absolute Gasteiger partial charge is 0.228 e. The number of imidazole rings is 1. The van der Waals surface area contributed by atoms with Crippen LogP contribution in [0.1, 0.15) is 25.3 Å². The number of nitrogens with one attached hydrogen (secondary N) is 1. The van der Waals surface area contributed by atoms with E-state index in [1.54, 1.807) is 12.4 Å². The first-order valence-electron chi connectivity index (χ1n) is 11.1. The first kappa shape index (κ1) is 19.0. The van der Waals surface area contributed by atoms with E-state index in [0.29, 0.717) is 6.42 Å². The van der Waals surface area contributed by atoms with E-state index in [1.807, 2.05) is 30.6 Å². The normalized spacial score (nSPS) is 16.4. The average molecular weight is 425 g/mol. The van der Waals surface area contributed by atoms with E-state index in [-0.39, 0.29) is 5.91 Å². The number of nitrogens with zero attached hydrogens (tertiary/aromatic N) is 5.